The van der Waals surface area contributed by atoms with Gasteiger partial charge < -0.3 is 20.9 Å². The number of H-pyrrole nitrogens is 1. The summed E-state index contributed by atoms with van der Waals surface area (Å²) in [5, 5.41) is 11.1. The number of para-hydroxylation sites is 1. The first-order valence-corrected chi connectivity index (χ1v) is 14.4. The van der Waals surface area contributed by atoms with Crippen molar-refractivity contribution in [3.8, 4) is 10.6 Å². The monoisotopic (exact) mass is 531 g/mol. The largest absolute Gasteiger partial charge is 0.365 e. The molecule has 11 heteroatoms. The SMILES string of the molecule is O=c1[nH]c(N2CCC3(CCN(C4N=CC=CN4)C3)C2)nc(N[C@@H]2CCCNC2)c1-c1nc2ccccc2s1. The van der Waals surface area contributed by atoms with Gasteiger partial charge in [0.15, 0.2) is 6.29 Å². The Morgan fingerprint density at radius 2 is 2.05 bits per heavy atom. The Bertz CT molecular complexity index is 1410. The number of aromatic amines is 1. The van der Waals surface area contributed by atoms with Crippen molar-refractivity contribution in [1.82, 2.24) is 30.5 Å². The van der Waals surface area contributed by atoms with Crippen molar-refractivity contribution in [1.29, 1.82) is 0 Å². The number of likely N-dealkylation sites (tertiary alicyclic amines) is 1. The van der Waals surface area contributed by atoms with Gasteiger partial charge in [-0.05, 0) is 50.4 Å². The van der Waals surface area contributed by atoms with Gasteiger partial charge in [0.25, 0.3) is 5.56 Å². The first-order chi connectivity index (χ1) is 18.7. The Morgan fingerprint density at radius 1 is 1.13 bits per heavy atom. The maximum absolute atomic E-state index is 13.7. The average molecular weight is 532 g/mol. The predicted molar refractivity (Wildman–Crippen MR) is 153 cm³/mol. The number of thiazole rings is 1. The van der Waals surface area contributed by atoms with Crippen LogP contribution in [0.15, 0.2) is 46.3 Å². The van der Waals surface area contributed by atoms with E-state index in [0.717, 1.165) is 75.2 Å². The highest BCUT2D eigenvalue weighted by molar-refractivity contribution is 7.21. The smallest absolute Gasteiger partial charge is 0.264 e. The van der Waals surface area contributed by atoms with Crippen molar-refractivity contribution in [2.75, 3.05) is 49.5 Å². The van der Waals surface area contributed by atoms with Crippen LogP contribution in [0.3, 0.4) is 0 Å². The molecule has 0 saturated carbocycles. The highest BCUT2D eigenvalue weighted by Gasteiger charge is 2.45. The summed E-state index contributed by atoms with van der Waals surface area (Å²) in [6.07, 6.45) is 10.1. The van der Waals surface area contributed by atoms with Gasteiger partial charge in [0.1, 0.15) is 16.4 Å². The molecule has 7 rings (SSSR count). The van der Waals surface area contributed by atoms with Gasteiger partial charge in [-0.3, -0.25) is 19.7 Å². The van der Waals surface area contributed by atoms with Crippen LogP contribution in [0.2, 0.25) is 0 Å². The second kappa shape index (κ2) is 9.79. The minimum atomic E-state index is -0.137. The Kier molecular flexibility index (Phi) is 6.13. The van der Waals surface area contributed by atoms with Gasteiger partial charge in [-0.2, -0.15) is 4.98 Å². The zero-order chi connectivity index (χ0) is 25.5. The number of rotatable bonds is 5. The highest BCUT2D eigenvalue weighted by Crippen LogP contribution is 2.41. The minimum absolute atomic E-state index is 0.0133. The summed E-state index contributed by atoms with van der Waals surface area (Å²) >= 11 is 1.54. The van der Waals surface area contributed by atoms with E-state index >= 15 is 0 Å². The first kappa shape index (κ1) is 23.8. The number of fused-ring (bicyclic) bond motifs is 1. The third kappa shape index (κ3) is 4.48. The van der Waals surface area contributed by atoms with Crippen molar-refractivity contribution in [3.05, 3.63) is 46.9 Å². The van der Waals surface area contributed by atoms with Gasteiger partial charge in [0.05, 0.1) is 10.2 Å². The van der Waals surface area contributed by atoms with Crippen LogP contribution >= 0.6 is 11.3 Å². The molecule has 3 aromatic rings. The lowest BCUT2D eigenvalue weighted by Crippen LogP contribution is -2.43. The number of piperidine rings is 1. The van der Waals surface area contributed by atoms with Gasteiger partial charge >= 0.3 is 0 Å². The van der Waals surface area contributed by atoms with E-state index < -0.39 is 0 Å². The zero-order valence-electron chi connectivity index (χ0n) is 21.3. The van der Waals surface area contributed by atoms with Crippen LogP contribution in [0.25, 0.3) is 20.8 Å². The third-order valence-corrected chi connectivity index (χ3v) is 9.31. The molecular weight excluding hydrogens is 498 g/mol. The number of nitrogens with one attached hydrogen (secondary N) is 4. The number of allylic oxidation sites excluding steroid dienone is 1. The molecule has 38 heavy (non-hydrogen) atoms. The number of hydrogen-bond donors (Lipinski definition) is 4. The summed E-state index contributed by atoms with van der Waals surface area (Å²) in [5.74, 6) is 1.29. The standard InChI is InChI=1S/C27H33N9OS/c37-23-21(24-32-19-6-1-2-7-20(19)38-24)22(31-18-5-3-10-28-15-18)33-26(34-23)36-14-9-27(17-36)8-13-35(16-27)25-29-11-4-12-30-25/h1-2,4,6-7,11-12,18,25,28-29H,3,5,8-10,13-17H2,(H2,31,33,34,37)/t18-,25?,27?/m1/s1. The molecule has 3 atom stereocenters. The van der Waals surface area contributed by atoms with Crippen LogP contribution in [0.1, 0.15) is 25.7 Å². The number of aromatic nitrogens is 3. The fourth-order valence-electron chi connectivity index (χ4n) is 6.25. The molecular formula is C27H33N9OS. The van der Waals surface area contributed by atoms with Gasteiger partial charge in [-0.15, -0.1) is 11.3 Å². The van der Waals surface area contributed by atoms with Crippen molar-refractivity contribution in [2.45, 2.75) is 38.0 Å². The number of hydrogen-bond acceptors (Lipinski definition) is 10. The summed E-state index contributed by atoms with van der Waals surface area (Å²) in [7, 11) is 0. The fourth-order valence-corrected chi connectivity index (χ4v) is 7.26. The van der Waals surface area contributed by atoms with Gasteiger partial charge in [0.2, 0.25) is 5.95 Å². The Morgan fingerprint density at radius 3 is 2.89 bits per heavy atom. The average Bonchev–Trinajstić information content (AvgIpc) is 3.68. The molecule has 4 aliphatic heterocycles. The van der Waals surface area contributed by atoms with Gasteiger partial charge in [-0.1, -0.05) is 12.1 Å². The molecule has 0 radical (unpaired) electrons. The highest BCUT2D eigenvalue weighted by atomic mass is 32.1. The molecule has 1 spiro atoms. The number of nitrogens with zero attached hydrogens (tertiary/aromatic N) is 5. The lowest BCUT2D eigenvalue weighted by atomic mass is 9.86. The molecule has 0 bridgehead atoms. The van der Waals surface area contributed by atoms with Crippen molar-refractivity contribution >= 4 is 39.5 Å². The Balaban J connectivity index is 1.18. The van der Waals surface area contributed by atoms with Gasteiger partial charge in [0, 0.05) is 56.6 Å². The second-order valence-electron chi connectivity index (χ2n) is 10.9. The third-order valence-electron chi connectivity index (χ3n) is 8.26. The van der Waals surface area contributed by atoms with Crippen molar-refractivity contribution in [3.63, 3.8) is 0 Å². The Labute approximate surface area is 225 Å². The minimum Gasteiger partial charge on any atom is -0.365 e. The second-order valence-corrected chi connectivity index (χ2v) is 11.9. The molecule has 1 aromatic carbocycles. The summed E-state index contributed by atoms with van der Waals surface area (Å²) < 4.78 is 1.07. The lowest BCUT2D eigenvalue weighted by molar-refractivity contribution is 0.198. The van der Waals surface area contributed by atoms with Crippen molar-refractivity contribution < 1.29 is 0 Å². The van der Waals surface area contributed by atoms with E-state index in [-0.39, 0.29) is 23.3 Å². The van der Waals surface area contributed by atoms with Crippen LogP contribution in [0, 0.1) is 5.41 Å². The van der Waals surface area contributed by atoms with Crippen LogP contribution in [-0.2, 0) is 0 Å². The lowest BCUT2D eigenvalue weighted by Gasteiger charge is -2.29. The molecule has 198 valence electrons. The molecule has 4 N–H and O–H groups in total. The molecule has 3 saturated heterocycles. The maximum atomic E-state index is 13.7. The van der Waals surface area contributed by atoms with Crippen LogP contribution in [-0.4, -0.2) is 77.7 Å². The van der Waals surface area contributed by atoms with E-state index in [9.17, 15) is 4.79 Å². The fraction of sp³-hybridized carbons (Fsp3) is 0.481. The molecule has 2 aromatic heterocycles. The molecule has 6 heterocycles. The normalized spacial score (nSPS) is 27.4. The quantitative estimate of drug-likeness (QED) is 0.397. The Hall–Kier alpha value is -3.28. The zero-order valence-corrected chi connectivity index (χ0v) is 22.1. The summed E-state index contributed by atoms with van der Waals surface area (Å²) in [6, 6.07) is 8.24. The summed E-state index contributed by atoms with van der Waals surface area (Å²) in [4.78, 5) is 35.9. The van der Waals surface area contributed by atoms with E-state index in [1.54, 1.807) is 0 Å². The first-order valence-electron chi connectivity index (χ1n) is 13.6. The summed E-state index contributed by atoms with van der Waals surface area (Å²) in [5.41, 5.74) is 1.49. The molecule has 0 amide bonds. The van der Waals surface area contributed by atoms with E-state index in [2.05, 4.69) is 35.7 Å². The molecule has 3 fully saturated rings. The molecule has 4 aliphatic rings. The number of anilines is 2. The van der Waals surface area contributed by atoms with Crippen LogP contribution < -0.4 is 26.4 Å². The van der Waals surface area contributed by atoms with Gasteiger partial charge in [-0.25, -0.2) is 4.98 Å². The number of aliphatic imine (C=N–C) groups is 1. The van der Waals surface area contributed by atoms with E-state index in [0.29, 0.717) is 22.3 Å². The van der Waals surface area contributed by atoms with Crippen LogP contribution in [0.5, 0.6) is 0 Å². The molecule has 10 nitrogen and oxygen atoms in total. The molecule has 2 unspecified atom stereocenters. The maximum Gasteiger partial charge on any atom is 0.264 e. The predicted octanol–water partition coefficient (Wildman–Crippen LogP) is 2.58. The van der Waals surface area contributed by atoms with Crippen molar-refractivity contribution in [2.24, 2.45) is 10.4 Å². The summed E-state index contributed by atoms with van der Waals surface area (Å²) in [6.45, 7) is 5.64. The van der Waals surface area contributed by atoms with Crippen LogP contribution in [0.4, 0.5) is 11.8 Å². The number of benzene rings is 1. The molecule has 0 aliphatic carbocycles. The van der Waals surface area contributed by atoms with E-state index in [1.165, 1.54) is 11.3 Å². The van der Waals surface area contributed by atoms with E-state index in [1.807, 2.05) is 42.8 Å². The topological polar surface area (TPSA) is 114 Å². The van der Waals surface area contributed by atoms with E-state index in [4.69, 9.17) is 9.97 Å².